The molecule has 0 radical (unpaired) electrons. The van der Waals surface area contributed by atoms with Gasteiger partial charge in [-0.3, -0.25) is 14.9 Å². The zero-order valence-corrected chi connectivity index (χ0v) is 11.2. The van der Waals surface area contributed by atoms with E-state index < -0.39 is 10.5 Å². The lowest BCUT2D eigenvalue weighted by Gasteiger charge is -2.21. The van der Waals surface area contributed by atoms with Gasteiger partial charge in [0.15, 0.2) is 0 Å². The lowest BCUT2D eigenvalue weighted by atomic mass is 9.99. The number of carbonyl (C=O) groups is 1. The molecule has 1 aromatic rings. The van der Waals surface area contributed by atoms with Gasteiger partial charge in [0.25, 0.3) is 5.69 Å². The predicted molar refractivity (Wildman–Crippen MR) is 72.7 cm³/mol. The van der Waals surface area contributed by atoms with Gasteiger partial charge in [-0.15, -0.1) is 0 Å². The molecule has 104 valence electrons. The molecule has 19 heavy (non-hydrogen) atoms. The van der Waals surface area contributed by atoms with Gasteiger partial charge in [-0.1, -0.05) is 19.1 Å². The van der Waals surface area contributed by atoms with E-state index in [0.29, 0.717) is 19.4 Å². The standard InChI is InChI=1S/C13H19N3O3/c1-3-13(2,14)12(17)15-9-8-10-4-6-11(7-5-10)16(18)19/h4-7H,3,8-9,14H2,1-2H3,(H,15,17). The number of nitro groups is 1. The fourth-order valence-corrected chi connectivity index (χ4v) is 1.47. The van der Waals surface area contributed by atoms with Crippen LogP contribution in [0.4, 0.5) is 5.69 Å². The zero-order chi connectivity index (χ0) is 14.5. The van der Waals surface area contributed by atoms with Crippen molar-refractivity contribution < 1.29 is 9.72 Å². The maximum absolute atomic E-state index is 11.7. The van der Waals surface area contributed by atoms with Crippen LogP contribution in [0.2, 0.25) is 0 Å². The molecule has 0 saturated carbocycles. The maximum Gasteiger partial charge on any atom is 0.269 e. The molecule has 1 atom stereocenters. The van der Waals surface area contributed by atoms with Crippen LogP contribution in [0.3, 0.4) is 0 Å². The van der Waals surface area contributed by atoms with E-state index in [2.05, 4.69) is 5.32 Å². The van der Waals surface area contributed by atoms with Crippen LogP contribution in [0.15, 0.2) is 24.3 Å². The van der Waals surface area contributed by atoms with Crippen molar-refractivity contribution in [2.24, 2.45) is 5.73 Å². The summed E-state index contributed by atoms with van der Waals surface area (Å²) >= 11 is 0. The highest BCUT2D eigenvalue weighted by Crippen LogP contribution is 2.12. The summed E-state index contributed by atoms with van der Waals surface area (Å²) < 4.78 is 0. The quantitative estimate of drug-likeness (QED) is 0.599. The Morgan fingerprint density at radius 2 is 2.00 bits per heavy atom. The molecule has 0 bridgehead atoms. The highest BCUT2D eigenvalue weighted by atomic mass is 16.6. The second kappa shape index (κ2) is 6.29. The van der Waals surface area contributed by atoms with Gasteiger partial charge >= 0.3 is 0 Å². The van der Waals surface area contributed by atoms with Crippen LogP contribution < -0.4 is 11.1 Å². The van der Waals surface area contributed by atoms with Crippen molar-refractivity contribution in [2.45, 2.75) is 32.2 Å². The van der Waals surface area contributed by atoms with Gasteiger partial charge in [0.05, 0.1) is 10.5 Å². The Bertz CT molecular complexity index is 455. The summed E-state index contributed by atoms with van der Waals surface area (Å²) in [7, 11) is 0. The molecule has 6 nitrogen and oxygen atoms in total. The highest BCUT2D eigenvalue weighted by Gasteiger charge is 2.25. The Morgan fingerprint density at radius 3 is 2.47 bits per heavy atom. The Morgan fingerprint density at radius 1 is 1.42 bits per heavy atom. The minimum absolute atomic E-state index is 0.0632. The Kier molecular flexibility index (Phi) is 5.00. The second-order valence-corrected chi connectivity index (χ2v) is 4.70. The second-order valence-electron chi connectivity index (χ2n) is 4.70. The van der Waals surface area contributed by atoms with Crippen LogP contribution in [-0.4, -0.2) is 22.9 Å². The van der Waals surface area contributed by atoms with Crippen molar-refractivity contribution in [2.75, 3.05) is 6.54 Å². The number of carbonyl (C=O) groups excluding carboxylic acids is 1. The molecule has 0 aliphatic rings. The minimum atomic E-state index is -0.852. The molecule has 1 unspecified atom stereocenters. The third-order valence-corrected chi connectivity index (χ3v) is 3.10. The Labute approximate surface area is 112 Å². The molecule has 6 heteroatoms. The maximum atomic E-state index is 11.7. The Balaban J connectivity index is 2.45. The first-order valence-electron chi connectivity index (χ1n) is 6.17. The smallest absolute Gasteiger partial charge is 0.269 e. The summed E-state index contributed by atoms with van der Waals surface area (Å²) in [6, 6.07) is 6.28. The summed E-state index contributed by atoms with van der Waals surface area (Å²) in [5.74, 6) is -0.183. The van der Waals surface area contributed by atoms with Gasteiger partial charge < -0.3 is 11.1 Å². The SMILES string of the molecule is CCC(C)(N)C(=O)NCCc1ccc([N+](=O)[O-])cc1. The summed E-state index contributed by atoms with van der Waals surface area (Å²) in [5.41, 5.74) is 5.95. The van der Waals surface area contributed by atoms with Gasteiger partial charge in [0.2, 0.25) is 5.91 Å². The zero-order valence-electron chi connectivity index (χ0n) is 11.2. The van der Waals surface area contributed by atoms with Crippen molar-refractivity contribution in [3.8, 4) is 0 Å². The number of hydrogen-bond acceptors (Lipinski definition) is 4. The Hall–Kier alpha value is -1.95. The van der Waals surface area contributed by atoms with Crippen molar-refractivity contribution >= 4 is 11.6 Å². The predicted octanol–water partition coefficient (Wildman–Crippen LogP) is 1.38. The van der Waals surface area contributed by atoms with E-state index in [4.69, 9.17) is 5.73 Å². The number of nitrogens with zero attached hydrogens (tertiary/aromatic N) is 1. The van der Waals surface area contributed by atoms with E-state index in [1.807, 2.05) is 6.92 Å². The third-order valence-electron chi connectivity index (χ3n) is 3.10. The number of nitrogens with two attached hydrogens (primary N) is 1. The largest absolute Gasteiger partial charge is 0.354 e. The van der Waals surface area contributed by atoms with Crippen LogP contribution in [0.1, 0.15) is 25.8 Å². The van der Waals surface area contributed by atoms with Gasteiger partial charge in [-0.05, 0) is 25.3 Å². The number of nitrogens with one attached hydrogen (secondary N) is 1. The van der Waals surface area contributed by atoms with Crippen molar-refractivity contribution in [1.29, 1.82) is 0 Å². The summed E-state index contributed by atoms with van der Waals surface area (Å²) in [6.45, 7) is 4.01. The monoisotopic (exact) mass is 265 g/mol. The molecule has 0 aromatic heterocycles. The van der Waals surface area contributed by atoms with Crippen LogP contribution in [-0.2, 0) is 11.2 Å². The van der Waals surface area contributed by atoms with E-state index in [1.54, 1.807) is 19.1 Å². The van der Waals surface area contributed by atoms with E-state index in [9.17, 15) is 14.9 Å². The third kappa shape index (κ3) is 4.33. The average Bonchev–Trinajstić information content (AvgIpc) is 2.39. The van der Waals surface area contributed by atoms with Crippen LogP contribution >= 0.6 is 0 Å². The van der Waals surface area contributed by atoms with E-state index in [0.717, 1.165) is 5.56 Å². The number of benzene rings is 1. The van der Waals surface area contributed by atoms with E-state index in [1.165, 1.54) is 12.1 Å². The topological polar surface area (TPSA) is 98.3 Å². The van der Waals surface area contributed by atoms with Gasteiger partial charge in [-0.25, -0.2) is 0 Å². The molecular formula is C13H19N3O3. The summed E-state index contributed by atoms with van der Waals surface area (Å²) in [4.78, 5) is 21.8. The first-order chi connectivity index (χ1) is 8.86. The van der Waals surface area contributed by atoms with Gasteiger partial charge in [0, 0.05) is 18.7 Å². The van der Waals surface area contributed by atoms with Crippen molar-refractivity contribution in [3.63, 3.8) is 0 Å². The minimum Gasteiger partial charge on any atom is -0.354 e. The molecule has 0 saturated heterocycles. The normalized spacial score (nSPS) is 13.6. The molecule has 1 amide bonds. The highest BCUT2D eigenvalue weighted by molar-refractivity contribution is 5.85. The van der Waals surface area contributed by atoms with Gasteiger partial charge in [0.1, 0.15) is 0 Å². The number of rotatable bonds is 6. The van der Waals surface area contributed by atoms with Crippen LogP contribution in [0.5, 0.6) is 0 Å². The number of hydrogen-bond donors (Lipinski definition) is 2. The molecule has 0 aliphatic carbocycles. The fourth-order valence-electron chi connectivity index (χ4n) is 1.47. The first kappa shape index (κ1) is 15.1. The molecule has 1 aromatic carbocycles. The molecule has 0 aliphatic heterocycles. The fraction of sp³-hybridized carbons (Fsp3) is 0.462. The lowest BCUT2D eigenvalue weighted by molar-refractivity contribution is -0.384. The van der Waals surface area contributed by atoms with Crippen LogP contribution in [0.25, 0.3) is 0 Å². The molecule has 0 fully saturated rings. The van der Waals surface area contributed by atoms with E-state index in [-0.39, 0.29) is 11.6 Å². The molecule has 3 N–H and O–H groups in total. The van der Waals surface area contributed by atoms with Crippen molar-refractivity contribution in [3.05, 3.63) is 39.9 Å². The molecule has 0 heterocycles. The lowest BCUT2D eigenvalue weighted by Crippen LogP contribution is -2.51. The molecular weight excluding hydrogens is 246 g/mol. The summed E-state index contributed by atoms with van der Waals surface area (Å²) in [5, 5.41) is 13.3. The first-order valence-corrected chi connectivity index (χ1v) is 6.17. The van der Waals surface area contributed by atoms with Crippen LogP contribution in [0, 0.1) is 10.1 Å². The van der Waals surface area contributed by atoms with Gasteiger partial charge in [-0.2, -0.15) is 0 Å². The number of non-ortho nitro benzene ring substituents is 1. The molecule has 1 rings (SSSR count). The number of nitro benzene ring substituents is 1. The van der Waals surface area contributed by atoms with Crippen molar-refractivity contribution in [1.82, 2.24) is 5.32 Å². The van der Waals surface area contributed by atoms with E-state index >= 15 is 0 Å². The molecule has 0 spiro atoms. The summed E-state index contributed by atoms with van der Waals surface area (Å²) in [6.07, 6.45) is 1.18. The number of amides is 1. The average molecular weight is 265 g/mol.